The molecule has 0 spiro atoms. The number of nitrogens with zero attached hydrogens (tertiary/aromatic N) is 4. The molecule has 176 valence electrons. The standard InChI is InChI=1S/C23H28BN7O3/c1-15(12-28-24)34-17-4-2-3-16(11-17)18-14-27-22(25)21(29-18)23(32)30-19-13-26-6-5-20(19)31-7-9-33-10-8-31/h2-6,11,13-15,28H,7-10,12,24H2,1H3,(H2,25,27)(H,30,32). The third kappa shape index (κ3) is 5.62. The Balaban J connectivity index is 1.56. The van der Waals surface area contributed by atoms with Gasteiger partial charge in [-0.25, -0.2) is 9.97 Å². The summed E-state index contributed by atoms with van der Waals surface area (Å²) in [5, 5.41) is 5.98. The van der Waals surface area contributed by atoms with Gasteiger partial charge in [-0.2, -0.15) is 0 Å². The molecule has 1 unspecified atom stereocenters. The number of nitrogens with one attached hydrogen (secondary N) is 2. The number of pyridine rings is 1. The van der Waals surface area contributed by atoms with Crippen LogP contribution in [0.2, 0.25) is 0 Å². The summed E-state index contributed by atoms with van der Waals surface area (Å²) in [6.07, 6.45) is 4.86. The molecule has 1 fully saturated rings. The van der Waals surface area contributed by atoms with Crippen molar-refractivity contribution in [3.63, 3.8) is 0 Å². The van der Waals surface area contributed by atoms with Gasteiger partial charge in [-0.15, -0.1) is 0 Å². The van der Waals surface area contributed by atoms with Crippen molar-refractivity contribution in [2.75, 3.05) is 48.8 Å². The van der Waals surface area contributed by atoms with Gasteiger partial charge in [0.2, 0.25) is 0 Å². The van der Waals surface area contributed by atoms with E-state index in [0.717, 1.165) is 30.9 Å². The number of aromatic nitrogens is 3. The molecule has 1 aliphatic heterocycles. The second kappa shape index (κ2) is 10.9. The van der Waals surface area contributed by atoms with E-state index in [1.807, 2.05) is 45.2 Å². The lowest BCUT2D eigenvalue weighted by Crippen LogP contribution is -2.36. The molecular formula is C23H28BN7O3. The van der Waals surface area contributed by atoms with Gasteiger partial charge in [-0.1, -0.05) is 12.1 Å². The van der Waals surface area contributed by atoms with Gasteiger partial charge in [-0.05, 0) is 25.1 Å². The van der Waals surface area contributed by atoms with Crippen molar-refractivity contribution in [2.24, 2.45) is 0 Å². The normalized spacial score (nSPS) is 14.4. The largest absolute Gasteiger partial charge is 0.489 e. The summed E-state index contributed by atoms with van der Waals surface area (Å²) in [6, 6.07) is 9.37. The summed E-state index contributed by atoms with van der Waals surface area (Å²) < 4.78 is 11.4. The molecule has 0 aliphatic carbocycles. The first-order valence-electron chi connectivity index (χ1n) is 11.2. The molecular weight excluding hydrogens is 433 g/mol. The Bertz CT molecular complexity index is 1140. The monoisotopic (exact) mass is 461 g/mol. The van der Waals surface area contributed by atoms with Gasteiger partial charge < -0.3 is 30.7 Å². The number of benzene rings is 1. The maximum Gasteiger partial charge on any atom is 0.278 e. The number of anilines is 3. The lowest BCUT2D eigenvalue weighted by molar-refractivity contribution is 0.102. The van der Waals surface area contributed by atoms with Crippen LogP contribution in [0.15, 0.2) is 48.9 Å². The summed E-state index contributed by atoms with van der Waals surface area (Å²) >= 11 is 0. The Morgan fingerprint density at radius 1 is 1.29 bits per heavy atom. The number of morpholine rings is 1. The van der Waals surface area contributed by atoms with Crippen LogP contribution in [-0.2, 0) is 4.74 Å². The first-order valence-corrected chi connectivity index (χ1v) is 11.2. The highest BCUT2D eigenvalue weighted by Gasteiger charge is 2.20. The zero-order valence-corrected chi connectivity index (χ0v) is 19.3. The highest BCUT2D eigenvalue weighted by molar-refractivity contribution is 6.07. The smallest absolute Gasteiger partial charge is 0.278 e. The summed E-state index contributed by atoms with van der Waals surface area (Å²) in [4.78, 5) is 28.2. The molecule has 4 rings (SSSR count). The molecule has 1 atom stereocenters. The van der Waals surface area contributed by atoms with Gasteiger partial charge in [0, 0.05) is 31.4 Å². The molecule has 3 aromatic rings. The zero-order valence-electron chi connectivity index (χ0n) is 19.3. The van der Waals surface area contributed by atoms with Crippen molar-refractivity contribution >= 4 is 31.1 Å². The second-order valence-electron chi connectivity index (χ2n) is 7.95. The number of amides is 1. The van der Waals surface area contributed by atoms with Gasteiger partial charge >= 0.3 is 0 Å². The van der Waals surface area contributed by atoms with E-state index in [9.17, 15) is 4.79 Å². The molecule has 0 bridgehead atoms. The minimum Gasteiger partial charge on any atom is -0.489 e. The van der Waals surface area contributed by atoms with Crippen LogP contribution in [0.1, 0.15) is 17.4 Å². The Kier molecular flexibility index (Phi) is 7.56. The number of carbonyl (C=O) groups excluding carboxylic acids is 1. The lowest BCUT2D eigenvalue weighted by atomic mass is 10.1. The van der Waals surface area contributed by atoms with E-state index < -0.39 is 5.91 Å². The molecule has 0 radical (unpaired) electrons. The van der Waals surface area contributed by atoms with Gasteiger partial charge in [0.05, 0.1) is 42.7 Å². The van der Waals surface area contributed by atoms with Crippen molar-refractivity contribution < 1.29 is 14.3 Å². The molecule has 1 aliphatic rings. The summed E-state index contributed by atoms with van der Waals surface area (Å²) in [5.74, 6) is 0.299. The molecule has 2 aromatic heterocycles. The van der Waals surface area contributed by atoms with E-state index in [-0.39, 0.29) is 17.6 Å². The minimum atomic E-state index is -0.454. The first kappa shape index (κ1) is 23.5. The number of nitrogen functional groups attached to an aromatic ring is 1. The van der Waals surface area contributed by atoms with Crippen LogP contribution in [0.5, 0.6) is 5.75 Å². The Hall–Kier alpha value is -3.70. The van der Waals surface area contributed by atoms with Gasteiger partial charge in [0.1, 0.15) is 11.9 Å². The number of hydrogen-bond donors (Lipinski definition) is 3. The molecule has 4 N–H and O–H groups in total. The van der Waals surface area contributed by atoms with Crippen molar-refractivity contribution in [1.29, 1.82) is 0 Å². The first-order chi connectivity index (χ1) is 16.5. The lowest BCUT2D eigenvalue weighted by Gasteiger charge is -2.30. The number of rotatable bonds is 8. The van der Waals surface area contributed by atoms with Crippen molar-refractivity contribution in [1.82, 2.24) is 20.2 Å². The summed E-state index contributed by atoms with van der Waals surface area (Å²) in [6.45, 7) is 5.43. The third-order valence-electron chi connectivity index (χ3n) is 5.37. The maximum absolute atomic E-state index is 13.1. The van der Waals surface area contributed by atoms with Crippen LogP contribution in [0.3, 0.4) is 0 Å². The molecule has 10 nitrogen and oxygen atoms in total. The molecule has 1 amide bonds. The fourth-order valence-electron chi connectivity index (χ4n) is 3.74. The average molecular weight is 461 g/mol. The molecule has 34 heavy (non-hydrogen) atoms. The predicted molar refractivity (Wildman–Crippen MR) is 134 cm³/mol. The molecule has 1 aromatic carbocycles. The SMILES string of the molecule is BNCC(C)Oc1cccc(-c2cnc(N)c(C(=O)Nc3cnccc3N3CCOCC3)n2)c1. The minimum absolute atomic E-state index is 0.000708. The Morgan fingerprint density at radius 3 is 2.91 bits per heavy atom. The van der Waals surface area contributed by atoms with Gasteiger partial charge in [-0.3, -0.25) is 9.78 Å². The topological polar surface area (TPSA) is 128 Å². The van der Waals surface area contributed by atoms with E-state index in [0.29, 0.717) is 30.3 Å². The molecule has 1 saturated heterocycles. The van der Waals surface area contributed by atoms with Gasteiger partial charge in [0.15, 0.2) is 19.5 Å². The Labute approximate surface area is 199 Å². The van der Waals surface area contributed by atoms with Crippen LogP contribution >= 0.6 is 0 Å². The van der Waals surface area contributed by atoms with Crippen LogP contribution in [0.25, 0.3) is 11.3 Å². The number of ether oxygens (including phenoxy) is 2. The zero-order chi connectivity index (χ0) is 23.9. The highest BCUT2D eigenvalue weighted by atomic mass is 16.5. The van der Waals surface area contributed by atoms with Crippen LogP contribution in [0.4, 0.5) is 17.2 Å². The van der Waals surface area contributed by atoms with Crippen LogP contribution in [0, 0.1) is 0 Å². The Morgan fingerprint density at radius 2 is 2.12 bits per heavy atom. The van der Waals surface area contributed by atoms with E-state index in [2.05, 4.69) is 30.4 Å². The van der Waals surface area contributed by atoms with Crippen LogP contribution < -0.4 is 25.9 Å². The van der Waals surface area contributed by atoms with E-state index in [1.54, 1.807) is 18.6 Å². The third-order valence-corrected chi connectivity index (χ3v) is 5.37. The second-order valence-corrected chi connectivity index (χ2v) is 7.95. The molecule has 0 saturated carbocycles. The van der Waals surface area contributed by atoms with Crippen LogP contribution in [-0.4, -0.2) is 67.8 Å². The summed E-state index contributed by atoms with van der Waals surface area (Å²) in [5.41, 5.74) is 8.81. The predicted octanol–water partition coefficient (Wildman–Crippen LogP) is 1.11. The van der Waals surface area contributed by atoms with E-state index >= 15 is 0 Å². The summed E-state index contributed by atoms with van der Waals surface area (Å²) in [7, 11) is 1.88. The number of hydrogen-bond acceptors (Lipinski definition) is 9. The van der Waals surface area contributed by atoms with Crippen molar-refractivity contribution in [2.45, 2.75) is 13.0 Å². The number of nitrogens with two attached hydrogens (primary N) is 1. The maximum atomic E-state index is 13.1. The van der Waals surface area contributed by atoms with Gasteiger partial charge in [0.25, 0.3) is 5.91 Å². The quantitative estimate of drug-likeness (QED) is 0.423. The number of carbonyl (C=O) groups is 1. The highest BCUT2D eigenvalue weighted by Crippen LogP contribution is 2.27. The molecule has 11 heteroatoms. The van der Waals surface area contributed by atoms with Crippen molar-refractivity contribution in [3.05, 3.63) is 54.6 Å². The molecule has 3 heterocycles. The fourth-order valence-corrected chi connectivity index (χ4v) is 3.74. The van der Waals surface area contributed by atoms with Crippen molar-refractivity contribution in [3.8, 4) is 17.0 Å². The average Bonchev–Trinajstić information content (AvgIpc) is 2.85. The van der Waals surface area contributed by atoms with E-state index in [1.165, 1.54) is 0 Å². The van der Waals surface area contributed by atoms with E-state index in [4.69, 9.17) is 15.2 Å². The fraction of sp³-hybridized carbons (Fsp3) is 0.304.